The number of rotatable bonds is 3. The second kappa shape index (κ2) is 5.37. The molecule has 2 saturated heterocycles. The first-order chi connectivity index (χ1) is 9.69. The van der Waals surface area contributed by atoms with Gasteiger partial charge in [0, 0.05) is 38.0 Å². The molecule has 0 bridgehead atoms. The van der Waals surface area contributed by atoms with Crippen molar-refractivity contribution in [3.63, 3.8) is 0 Å². The van der Waals surface area contributed by atoms with Crippen molar-refractivity contribution in [1.82, 2.24) is 20.1 Å². The average molecular weight is 295 g/mol. The SMILES string of the molecule is NCCc1nc(C(=O)N2CCN3C(=O)NCC3C2)cs1. The maximum absolute atomic E-state index is 12.4. The number of nitrogens with two attached hydrogens (primary N) is 1. The highest BCUT2D eigenvalue weighted by atomic mass is 32.1. The molecule has 0 spiro atoms. The van der Waals surface area contributed by atoms with Gasteiger partial charge in [0.15, 0.2) is 0 Å². The summed E-state index contributed by atoms with van der Waals surface area (Å²) in [5.74, 6) is -0.0523. The van der Waals surface area contributed by atoms with E-state index in [2.05, 4.69) is 10.3 Å². The van der Waals surface area contributed by atoms with Gasteiger partial charge in [-0.25, -0.2) is 9.78 Å². The Kier molecular flexibility index (Phi) is 3.58. The maximum atomic E-state index is 12.4. The maximum Gasteiger partial charge on any atom is 0.317 e. The number of fused-ring (bicyclic) bond motifs is 1. The fourth-order valence-corrected chi connectivity index (χ4v) is 3.39. The first-order valence-electron chi connectivity index (χ1n) is 6.67. The topological polar surface area (TPSA) is 91.6 Å². The number of carbonyl (C=O) groups excluding carboxylic acids is 2. The van der Waals surface area contributed by atoms with Crippen LogP contribution in [0, 0.1) is 0 Å². The van der Waals surface area contributed by atoms with E-state index >= 15 is 0 Å². The monoisotopic (exact) mass is 295 g/mol. The molecule has 1 atom stereocenters. The molecular formula is C12H17N5O2S. The third-order valence-corrected chi connectivity index (χ3v) is 4.56. The third kappa shape index (κ3) is 2.36. The van der Waals surface area contributed by atoms with E-state index in [0.29, 0.717) is 44.8 Å². The summed E-state index contributed by atoms with van der Waals surface area (Å²) >= 11 is 1.47. The number of hydrogen-bond acceptors (Lipinski definition) is 5. The smallest absolute Gasteiger partial charge is 0.317 e. The van der Waals surface area contributed by atoms with Gasteiger partial charge >= 0.3 is 6.03 Å². The van der Waals surface area contributed by atoms with Crippen molar-refractivity contribution in [2.75, 3.05) is 32.7 Å². The summed E-state index contributed by atoms with van der Waals surface area (Å²) in [5, 5.41) is 5.49. The van der Waals surface area contributed by atoms with E-state index in [4.69, 9.17) is 5.73 Å². The number of amides is 3. The summed E-state index contributed by atoms with van der Waals surface area (Å²) in [6, 6.07) is 0.0586. The lowest BCUT2D eigenvalue weighted by atomic mass is 10.2. The molecule has 2 aliphatic heterocycles. The molecule has 1 aromatic rings. The third-order valence-electron chi connectivity index (χ3n) is 3.65. The van der Waals surface area contributed by atoms with Crippen LogP contribution < -0.4 is 11.1 Å². The van der Waals surface area contributed by atoms with Crippen LogP contribution in [-0.4, -0.2) is 65.5 Å². The molecule has 2 fully saturated rings. The van der Waals surface area contributed by atoms with Gasteiger partial charge in [0.25, 0.3) is 5.91 Å². The molecule has 3 amide bonds. The minimum absolute atomic E-state index is 0.0269. The Morgan fingerprint density at radius 1 is 1.55 bits per heavy atom. The molecule has 3 heterocycles. The summed E-state index contributed by atoms with van der Waals surface area (Å²) in [7, 11) is 0. The number of nitrogens with zero attached hydrogens (tertiary/aromatic N) is 3. The summed E-state index contributed by atoms with van der Waals surface area (Å²) < 4.78 is 0. The predicted octanol–water partition coefficient (Wildman–Crippen LogP) is -0.506. The van der Waals surface area contributed by atoms with E-state index in [9.17, 15) is 9.59 Å². The van der Waals surface area contributed by atoms with Gasteiger partial charge in [-0.2, -0.15) is 0 Å². The Morgan fingerprint density at radius 2 is 2.40 bits per heavy atom. The van der Waals surface area contributed by atoms with Crippen LogP contribution in [0.25, 0.3) is 0 Å². The van der Waals surface area contributed by atoms with E-state index < -0.39 is 0 Å². The molecule has 8 heteroatoms. The first-order valence-corrected chi connectivity index (χ1v) is 7.55. The van der Waals surface area contributed by atoms with Crippen molar-refractivity contribution >= 4 is 23.3 Å². The summed E-state index contributed by atoms with van der Waals surface area (Å²) in [6.45, 7) is 2.86. The summed E-state index contributed by atoms with van der Waals surface area (Å²) in [6.07, 6.45) is 0.701. The second-order valence-corrected chi connectivity index (χ2v) is 5.89. The van der Waals surface area contributed by atoms with Crippen molar-refractivity contribution in [2.45, 2.75) is 12.5 Å². The molecule has 0 saturated carbocycles. The number of piperazine rings is 1. The molecule has 7 nitrogen and oxygen atoms in total. The zero-order valence-electron chi connectivity index (χ0n) is 11.0. The Bertz CT molecular complexity index is 532. The highest BCUT2D eigenvalue weighted by molar-refractivity contribution is 7.09. The number of hydrogen-bond donors (Lipinski definition) is 2. The van der Waals surface area contributed by atoms with E-state index in [1.165, 1.54) is 11.3 Å². The van der Waals surface area contributed by atoms with E-state index in [1.807, 2.05) is 0 Å². The highest BCUT2D eigenvalue weighted by Gasteiger charge is 2.37. The molecule has 0 aromatic carbocycles. The largest absolute Gasteiger partial charge is 0.336 e. The zero-order valence-corrected chi connectivity index (χ0v) is 11.9. The molecule has 20 heavy (non-hydrogen) atoms. The van der Waals surface area contributed by atoms with Gasteiger partial charge in [0.05, 0.1) is 11.0 Å². The van der Waals surface area contributed by atoms with Gasteiger partial charge in [0.1, 0.15) is 5.69 Å². The lowest BCUT2D eigenvalue weighted by molar-refractivity contribution is 0.0612. The normalized spacial score (nSPS) is 21.9. The van der Waals surface area contributed by atoms with E-state index in [1.54, 1.807) is 15.2 Å². The van der Waals surface area contributed by atoms with Crippen LogP contribution >= 0.6 is 11.3 Å². The quantitative estimate of drug-likeness (QED) is 0.786. The van der Waals surface area contributed by atoms with Gasteiger partial charge < -0.3 is 20.9 Å². The Balaban J connectivity index is 1.67. The van der Waals surface area contributed by atoms with Crippen LogP contribution in [0.2, 0.25) is 0 Å². The van der Waals surface area contributed by atoms with Crippen molar-refractivity contribution in [3.8, 4) is 0 Å². The second-order valence-electron chi connectivity index (χ2n) is 4.95. The van der Waals surface area contributed by atoms with Crippen molar-refractivity contribution in [3.05, 3.63) is 16.1 Å². The predicted molar refractivity (Wildman–Crippen MR) is 74.7 cm³/mol. The van der Waals surface area contributed by atoms with Crippen molar-refractivity contribution in [2.24, 2.45) is 5.73 Å². The molecule has 0 aliphatic carbocycles. The van der Waals surface area contributed by atoms with Crippen LogP contribution in [0.4, 0.5) is 4.79 Å². The summed E-state index contributed by atoms with van der Waals surface area (Å²) in [5.41, 5.74) is 5.98. The number of urea groups is 1. The molecule has 3 N–H and O–H groups in total. The Hall–Kier alpha value is -1.67. The lowest BCUT2D eigenvalue weighted by Gasteiger charge is -2.36. The molecule has 1 unspecified atom stereocenters. The standard InChI is InChI=1S/C12H17N5O2S/c13-2-1-10-15-9(7-20-10)11(18)16-3-4-17-8(6-16)5-14-12(17)19/h7-8H,1-6,13H2,(H,14,19). The minimum Gasteiger partial charge on any atom is -0.336 e. The summed E-state index contributed by atoms with van der Waals surface area (Å²) in [4.78, 5) is 31.8. The Labute approximate surface area is 120 Å². The number of aromatic nitrogens is 1. The lowest BCUT2D eigenvalue weighted by Crippen LogP contribution is -2.53. The Morgan fingerprint density at radius 3 is 3.20 bits per heavy atom. The molecular weight excluding hydrogens is 278 g/mol. The van der Waals surface area contributed by atoms with Crippen LogP contribution in [0.15, 0.2) is 5.38 Å². The number of thiazole rings is 1. The number of carbonyl (C=O) groups is 2. The van der Waals surface area contributed by atoms with Crippen LogP contribution in [0.1, 0.15) is 15.5 Å². The molecule has 108 valence electrons. The highest BCUT2D eigenvalue weighted by Crippen LogP contribution is 2.18. The first kappa shape index (κ1) is 13.3. The molecule has 3 rings (SSSR count). The van der Waals surface area contributed by atoms with Crippen LogP contribution in [0.3, 0.4) is 0 Å². The molecule has 2 aliphatic rings. The van der Waals surface area contributed by atoms with Gasteiger partial charge in [-0.15, -0.1) is 11.3 Å². The van der Waals surface area contributed by atoms with Gasteiger partial charge in [-0.1, -0.05) is 0 Å². The van der Waals surface area contributed by atoms with Crippen molar-refractivity contribution < 1.29 is 9.59 Å². The van der Waals surface area contributed by atoms with Gasteiger partial charge in [0.2, 0.25) is 0 Å². The van der Waals surface area contributed by atoms with Crippen LogP contribution in [0.5, 0.6) is 0 Å². The fourth-order valence-electron chi connectivity index (χ4n) is 2.60. The zero-order chi connectivity index (χ0) is 14.1. The number of nitrogens with one attached hydrogen (secondary N) is 1. The molecule has 1 aromatic heterocycles. The van der Waals surface area contributed by atoms with Crippen molar-refractivity contribution in [1.29, 1.82) is 0 Å². The van der Waals surface area contributed by atoms with Gasteiger partial charge in [-0.05, 0) is 6.54 Å². The fraction of sp³-hybridized carbons (Fsp3) is 0.583. The van der Waals surface area contributed by atoms with E-state index in [0.717, 1.165) is 5.01 Å². The minimum atomic E-state index is -0.0523. The molecule has 0 radical (unpaired) electrons. The van der Waals surface area contributed by atoms with E-state index in [-0.39, 0.29) is 18.0 Å². The average Bonchev–Trinajstić information content (AvgIpc) is 3.06. The van der Waals surface area contributed by atoms with Gasteiger partial charge in [-0.3, -0.25) is 4.79 Å². The van der Waals surface area contributed by atoms with Crippen LogP contribution in [-0.2, 0) is 6.42 Å².